The van der Waals surface area contributed by atoms with Crippen LogP contribution >= 0.6 is 12.2 Å². The average Bonchev–Trinajstić information content (AvgIpc) is 2.77. The summed E-state index contributed by atoms with van der Waals surface area (Å²) in [4.78, 5) is 13.1. The summed E-state index contributed by atoms with van der Waals surface area (Å²) in [5, 5.41) is 3.27. The number of carbonyl (C=O) groups is 1. The number of carbonyl (C=O) groups excluding carboxylic acids is 1. The van der Waals surface area contributed by atoms with Gasteiger partial charge < -0.3 is 11.1 Å². The molecule has 0 aliphatic heterocycles. The van der Waals surface area contributed by atoms with Crippen molar-refractivity contribution < 1.29 is 4.79 Å². The summed E-state index contributed by atoms with van der Waals surface area (Å²) < 4.78 is 0. The van der Waals surface area contributed by atoms with Gasteiger partial charge in [-0.05, 0) is 44.4 Å². The summed E-state index contributed by atoms with van der Waals surface area (Å²) in [5.74, 6) is 1.13. The zero-order valence-corrected chi connectivity index (χ0v) is 14.1. The standard InChI is InChI=1S/C17H30N2OS/c1-2-13-9-11-17(12-10-13,16(18)21)19-15(20)14-7-5-3-4-6-8-14/h13-14H,2-12H2,1H3,(H2,18,21)(H,19,20). The normalized spacial score (nSPS) is 31.4. The van der Waals surface area contributed by atoms with E-state index >= 15 is 0 Å². The first-order chi connectivity index (χ1) is 10.1. The molecule has 0 bridgehead atoms. The van der Waals surface area contributed by atoms with Crippen LogP contribution in [0.1, 0.15) is 77.6 Å². The predicted molar refractivity (Wildman–Crippen MR) is 91.1 cm³/mol. The highest BCUT2D eigenvalue weighted by Gasteiger charge is 2.40. The molecule has 0 aromatic rings. The first-order valence-electron chi connectivity index (χ1n) is 8.69. The second kappa shape index (κ2) is 7.57. The first-order valence-corrected chi connectivity index (χ1v) is 9.10. The molecule has 0 saturated heterocycles. The van der Waals surface area contributed by atoms with Gasteiger partial charge in [0.25, 0.3) is 0 Å². The largest absolute Gasteiger partial charge is 0.391 e. The third kappa shape index (κ3) is 4.18. The van der Waals surface area contributed by atoms with Crippen molar-refractivity contribution in [3.05, 3.63) is 0 Å². The Morgan fingerprint density at radius 2 is 1.71 bits per heavy atom. The van der Waals surface area contributed by atoms with Crippen molar-refractivity contribution in [1.82, 2.24) is 5.32 Å². The summed E-state index contributed by atoms with van der Waals surface area (Å²) in [7, 11) is 0. The Balaban J connectivity index is 1.99. The highest BCUT2D eigenvalue weighted by molar-refractivity contribution is 7.80. The lowest BCUT2D eigenvalue weighted by molar-refractivity contribution is -0.127. The maximum atomic E-state index is 12.7. The lowest BCUT2D eigenvalue weighted by Crippen LogP contribution is -2.59. The van der Waals surface area contributed by atoms with Gasteiger partial charge in [-0.2, -0.15) is 0 Å². The van der Waals surface area contributed by atoms with Crippen molar-refractivity contribution >= 4 is 23.1 Å². The Labute approximate surface area is 134 Å². The number of thiocarbonyl (C=S) groups is 1. The SMILES string of the molecule is CCC1CCC(NC(=O)C2CCCCCC2)(C(N)=S)CC1. The Morgan fingerprint density at radius 1 is 1.14 bits per heavy atom. The van der Waals surface area contributed by atoms with Gasteiger partial charge in [0, 0.05) is 5.92 Å². The molecule has 0 heterocycles. The third-order valence-electron chi connectivity index (χ3n) is 5.60. The molecular formula is C17H30N2OS. The van der Waals surface area contributed by atoms with Gasteiger partial charge in [0.15, 0.2) is 0 Å². The monoisotopic (exact) mass is 310 g/mol. The number of amides is 1. The predicted octanol–water partition coefficient (Wildman–Crippen LogP) is 3.70. The van der Waals surface area contributed by atoms with Crippen molar-refractivity contribution in [2.45, 2.75) is 83.1 Å². The van der Waals surface area contributed by atoms with E-state index in [4.69, 9.17) is 18.0 Å². The first kappa shape index (κ1) is 16.7. The maximum Gasteiger partial charge on any atom is 0.223 e. The molecule has 0 atom stereocenters. The maximum absolute atomic E-state index is 12.7. The second-order valence-corrected chi connectivity index (χ2v) is 7.42. The number of hydrogen-bond donors (Lipinski definition) is 2. The van der Waals surface area contributed by atoms with Crippen LogP contribution in [0.4, 0.5) is 0 Å². The summed E-state index contributed by atoms with van der Waals surface area (Å²) in [6.45, 7) is 2.24. The quantitative estimate of drug-likeness (QED) is 0.615. The highest BCUT2D eigenvalue weighted by atomic mass is 32.1. The van der Waals surface area contributed by atoms with Crippen molar-refractivity contribution in [3.8, 4) is 0 Å². The minimum Gasteiger partial charge on any atom is -0.391 e. The third-order valence-corrected chi connectivity index (χ3v) is 5.99. The number of nitrogens with two attached hydrogens (primary N) is 1. The lowest BCUT2D eigenvalue weighted by atomic mass is 9.75. The van der Waals surface area contributed by atoms with Gasteiger partial charge in [-0.1, -0.05) is 51.2 Å². The molecule has 21 heavy (non-hydrogen) atoms. The highest BCUT2D eigenvalue weighted by Crippen LogP contribution is 2.35. The van der Waals surface area contributed by atoms with E-state index in [1.807, 2.05) is 0 Å². The Kier molecular flexibility index (Phi) is 6.03. The molecular weight excluding hydrogens is 280 g/mol. The van der Waals surface area contributed by atoms with Gasteiger partial charge in [0.1, 0.15) is 0 Å². The van der Waals surface area contributed by atoms with Gasteiger partial charge >= 0.3 is 0 Å². The van der Waals surface area contributed by atoms with Crippen LogP contribution in [0.2, 0.25) is 0 Å². The molecule has 2 saturated carbocycles. The molecule has 0 spiro atoms. The van der Waals surface area contributed by atoms with Crippen LogP contribution in [0.5, 0.6) is 0 Å². The van der Waals surface area contributed by atoms with E-state index < -0.39 is 5.54 Å². The fourth-order valence-electron chi connectivity index (χ4n) is 3.89. The molecule has 2 fully saturated rings. The molecule has 0 radical (unpaired) electrons. The summed E-state index contributed by atoms with van der Waals surface area (Å²) >= 11 is 5.31. The van der Waals surface area contributed by atoms with Gasteiger partial charge in [-0.15, -0.1) is 0 Å². The van der Waals surface area contributed by atoms with E-state index in [0.717, 1.165) is 44.4 Å². The minimum absolute atomic E-state index is 0.169. The smallest absolute Gasteiger partial charge is 0.223 e. The molecule has 3 N–H and O–H groups in total. The van der Waals surface area contributed by atoms with Crippen LogP contribution < -0.4 is 11.1 Å². The zero-order chi connectivity index (χ0) is 15.3. The summed E-state index contributed by atoms with van der Waals surface area (Å²) in [6, 6.07) is 0. The van der Waals surface area contributed by atoms with Gasteiger partial charge in [0.05, 0.1) is 10.5 Å². The molecule has 2 rings (SSSR count). The molecule has 2 aliphatic rings. The van der Waals surface area contributed by atoms with Gasteiger partial charge in [-0.25, -0.2) is 0 Å². The van der Waals surface area contributed by atoms with Crippen LogP contribution in [0, 0.1) is 11.8 Å². The number of hydrogen-bond acceptors (Lipinski definition) is 2. The van der Waals surface area contributed by atoms with Gasteiger partial charge in [-0.3, -0.25) is 4.79 Å². The average molecular weight is 311 g/mol. The molecule has 4 heteroatoms. The molecule has 0 aromatic carbocycles. The van der Waals surface area contributed by atoms with E-state index in [1.165, 1.54) is 32.1 Å². The van der Waals surface area contributed by atoms with E-state index in [0.29, 0.717) is 4.99 Å². The van der Waals surface area contributed by atoms with Crippen LogP contribution in [0.25, 0.3) is 0 Å². The van der Waals surface area contributed by atoms with E-state index in [9.17, 15) is 4.79 Å². The minimum atomic E-state index is -0.412. The van der Waals surface area contributed by atoms with Crippen LogP contribution in [0.15, 0.2) is 0 Å². The van der Waals surface area contributed by atoms with E-state index in [1.54, 1.807) is 0 Å². The Bertz CT molecular complexity index is 367. The van der Waals surface area contributed by atoms with E-state index in [-0.39, 0.29) is 11.8 Å². The van der Waals surface area contributed by atoms with E-state index in [2.05, 4.69) is 12.2 Å². The topological polar surface area (TPSA) is 55.1 Å². The van der Waals surface area contributed by atoms with Crippen LogP contribution in [-0.4, -0.2) is 16.4 Å². The second-order valence-electron chi connectivity index (χ2n) is 6.98. The lowest BCUT2D eigenvalue weighted by Gasteiger charge is -2.40. The summed E-state index contributed by atoms with van der Waals surface area (Å²) in [5.41, 5.74) is 5.60. The molecule has 0 unspecified atom stereocenters. The van der Waals surface area contributed by atoms with Crippen molar-refractivity contribution in [2.75, 3.05) is 0 Å². The van der Waals surface area contributed by atoms with Crippen LogP contribution in [-0.2, 0) is 4.79 Å². The van der Waals surface area contributed by atoms with Gasteiger partial charge in [0.2, 0.25) is 5.91 Å². The summed E-state index contributed by atoms with van der Waals surface area (Å²) in [6.07, 6.45) is 12.2. The molecule has 3 nitrogen and oxygen atoms in total. The molecule has 120 valence electrons. The van der Waals surface area contributed by atoms with Crippen molar-refractivity contribution in [2.24, 2.45) is 17.6 Å². The molecule has 2 aliphatic carbocycles. The molecule has 1 amide bonds. The number of rotatable bonds is 4. The van der Waals surface area contributed by atoms with Crippen LogP contribution in [0.3, 0.4) is 0 Å². The zero-order valence-electron chi connectivity index (χ0n) is 13.3. The fraction of sp³-hybridized carbons (Fsp3) is 0.882. The number of nitrogens with one attached hydrogen (secondary N) is 1. The Morgan fingerprint density at radius 3 is 2.19 bits per heavy atom. The Hall–Kier alpha value is -0.640. The van der Waals surface area contributed by atoms with Crippen molar-refractivity contribution in [3.63, 3.8) is 0 Å². The van der Waals surface area contributed by atoms with Crippen molar-refractivity contribution in [1.29, 1.82) is 0 Å². The molecule has 0 aromatic heterocycles. The fourth-order valence-corrected chi connectivity index (χ4v) is 4.15.